The van der Waals surface area contributed by atoms with Crippen molar-refractivity contribution in [3.63, 3.8) is 0 Å². The average Bonchev–Trinajstić information content (AvgIpc) is 3.60. The molecule has 0 atom stereocenters. The summed E-state index contributed by atoms with van der Waals surface area (Å²) in [4.78, 5) is 13.7. The molecule has 1 N–H and O–H groups in total. The zero-order chi connectivity index (χ0) is 26.9. The fourth-order valence-corrected chi connectivity index (χ4v) is 6.66. The molecule has 200 valence electrons. The largest absolute Gasteiger partial charge is 0.454 e. The first-order valence-corrected chi connectivity index (χ1v) is 14.7. The lowest BCUT2D eigenvalue weighted by molar-refractivity contribution is -0.118. The van der Waals surface area contributed by atoms with Crippen molar-refractivity contribution in [3.05, 3.63) is 71.8 Å². The SMILES string of the molecule is CCCN(CCC)S(=O)(=O)c1ccc(-c2cc(NC(=O)C3(c4ccc5c(c4)OCO5)CC3)ccc2C)cc1. The fourth-order valence-electron chi connectivity index (χ4n) is 5.03. The van der Waals surface area contributed by atoms with Crippen LogP contribution in [0.5, 0.6) is 11.5 Å². The van der Waals surface area contributed by atoms with Crippen LogP contribution >= 0.6 is 0 Å². The maximum absolute atomic E-state index is 13.4. The molecule has 1 aliphatic carbocycles. The second kappa shape index (κ2) is 10.4. The Balaban J connectivity index is 1.36. The van der Waals surface area contributed by atoms with Crippen molar-refractivity contribution in [3.8, 4) is 22.6 Å². The third-order valence-electron chi connectivity index (χ3n) is 7.35. The van der Waals surface area contributed by atoms with Crippen LogP contribution in [0.25, 0.3) is 11.1 Å². The molecule has 2 aliphatic rings. The number of hydrogen-bond donors (Lipinski definition) is 1. The summed E-state index contributed by atoms with van der Waals surface area (Å²) in [7, 11) is -3.54. The van der Waals surface area contributed by atoms with Crippen LogP contribution in [0.3, 0.4) is 0 Å². The van der Waals surface area contributed by atoms with Crippen molar-refractivity contribution in [2.45, 2.75) is 56.8 Å². The van der Waals surface area contributed by atoms with Gasteiger partial charge in [0, 0.05) is 18.8 Å². The van der Waals surface area contributed by atoms with Crippen molar-refractivity contribution in [1.29, 1.82) is 0 Å². The number of aryl methyl sites for hydroxylation is 1. The van der Waals surface area contributed by atoms with Gasteiger partial charge in [-0.15, -0.1) is 0 Å². The monoisotopic (exact) mass is 534 g/mol. The van der Waals surface area contributed by atoms with Gasteiger partial charge in [0.2, 0.25) is 22.7 Å². The Morgan fingerprint density at radius 2 is 1.61 bits per heavy atom. The second-order valence-electron chi connectivity index (χ2n) is 10.1. The summed E-state index contributed by atoms with van der Waals surface area (Å²) in [6, 6.07) is 18.6. The summed E-state index contributed by atoms with van der Waals surface area (Å²) in [5.41, 5.74) is 3.95. The molecule has 0 radical (unpaired) electrons. The van der Waals surface area contributed by atoms with E-state index in [1.54, 1.807) is 16.4 Å². The Labute approximate surface area is 224 Å². The van der Waals surface area contributed by atoms with Gasteiger partial charge in [0.05, 0.1) is 10.3 Å². The first-order valence-electron chi connectivity index (χ1n) is 13.2. The predicted octanol–water partition coefficient (Wildman–Crippen LogP) is 5.87. The van der Waals surface area contributed by atoms with Crippen LogP contribution in [-0.4, -0.2) is 38.5 Å². The summed E-state index contributed by atoms with van der Waals surface area (Å²) in [5, 5.41) is 3.11. The van der Waals surface area contributed by atoms with Crippen LogP contribution < -0.4 is 14.8 Å². The highest BCUT2D eigenvalue weighted by Gasteiger charge is 2.51. The molecule has 7 nitrogen and oxygen atoms in total. The van der Waals surface area contributed by atoms with Gasteiger partial charge in [-0.05, 0) is 91.3 Å². The first kappa shape index (κ1) is 26.3. The van der Waals surface area contributed by atoms with E-state index in [1.165, 1.54) is 0 Å². The van der Waals surface area contributed by atoms with Gasteiger partial charge in [-0.3, -0.25) is 4.79 Å². The van der Waals surface area contributed by atoms with Crippen molar-refractivity contribution < 1.29 is 22.7 Å². The molecule has 1 amide bonds. The van der Waals surface area contributed by atoms with Gasteiger partial charge in [-0.1, -0.05) is 38.1 Å². The standard InChI is InChI=1S/C30H34N2O5S/c1-4-16-32(17-5-2)38(34,35)25-11-7-22(8-12-25)26-19-24(10-6-21(26)3)31-29(33)30(14-15-30)23-9-13-27-28(18-23)37-20-36-27/h6-13,18-19H,4-5,14-17,20H2,1-3H3,(H,31,33). The summed E-state index contributed by atoms with van der Waals surface area (Å²) >= 11 is 0. The van der Waals surface area contributed by atoms with Gasteiger partial charge in [0.15, 0.2) is 11.5 Å². The summed E-state index contributed by atoms with van der Waals surface area (Å²) in [6.07, 6.45) is 3.09. The number of nitrogens with zero attached hydrogens (tertiary/aromatic N) is 1. The molecule has 8 heteroatoms. The second-order valence-corrected chi connectivity index (χ2v) is 12.0. The highest BCUT2D eigenvalue weighted by molar-refractivity contribution is 7.89. The molecule has 3 aromatic carbocycles. The molecule has 0 aromatic heterocycles. The van der Waals surface area contributed by atoms with Crippen LogP contribution in [0.2, 0.25) is 0 Å². The minimum atomic E-state index is -3.54. The highest BCUT2D eigenvalue weighted by Crippen LogP contribution is 2.51. The molecule has 1 heterocycles. The fraction of sp³-hybridized carbons (Fsp3) is 0.367. The number of hydrogen-bond acceptors (Lipinski definition) is 5. The number of benzene rings is 3. The third-order valence-corrected chi connectivity index (χ3v) is 9.27. The lowest BCUT2D eigenvalue weighted by Crippen LogP contribution is -2.32. The Bertz CT molecular complexity index is 1440. The van der Waals surface area contributed by atoms with Crippen LogP contribution in [-0.2, 0) is 20.2 Å². The van der Waals surface area contributed by atoms with E-state index in [9.17, 15) is 13.2 Å². The van der Waals surface area contributed by atoms with Gasteiger partial charge < -0.3 is 14.8 Å². The van der Waals surface area contributed by atoms with Gasteiger partial charge in [-0.2, -0.15) is 4.31 Å². The van der Waals surface area contributed by atoms with Crippen LogP contribution in [0.4, 0.5) is 5.69 Å². The smallest absolute Gasteiger partial charge is 0.243 e. The number of nitrogens with one attached hydrogen (secondary N) is 1. The number of amides is 1. The zero-order valence-electron chi connectivity index (χ0n) is 22.1. The lowest BCUT2D eigenvalue weighted by Gasteiger charge is -2.21. The molecule has 0 saturated heterocycles. The van der Waals surface area contributed by atoms with E-state index in [0.717, 1.165) is 47.9 Å². The van der Waals surface area contributed by atoms with E-state index in [1.807, 2.05) is 69.3 Å². The molecule has 1 saturated carbocycles. The number of rotatable bonds is 10. The Morgan fingerprint density at radius 3 is 2.26 bits per heavy atom. The van der Waals surface area contributed by atoms with E-state index in [2.05, 4.69) is 5.32 Å². The quantitative estimate of drug-likeness (QED) is 0.352. The van der Waals surface area contributed by atoms with Crippen molar-refractivity contribution in [2.75, 3.05) is 25.2 Å². The summed E-state index contributed by atoms with van der Waals surface area (Å²) in [6.45, 7) is 7.18. The van der Waals surface area contributed by atoms with Gasteiger partial charge in [-0.25, -0.2) is 8.42 Å². The third kappa shape index (κ3) is 4.90. The maximum Gasteiger partial charge on any atom is 0.243 e. The number of carbonyl (C=O) groups is 1. The maximum atomic E-state index is 13.4. The Morgan fingerprint density at radius 1 is 0.921 bits per heavy atom. The molecule has 0 bridgehead atoms. The molecule has 1 aliphatic heterocycles. The van der Waals surface area contributed by atoms with Gasteiger partial charge in [0.1, 0.15) is 0 Å². The Kier molecular flexibility index (Phi) is 7.20. The zero-order valence-corrected chi connectivity index (χ0v) is 22.9. The molecule has 0 unspecified atom stereocenters. The van der Waals surface area contributed by atoms with Crippen LogP contribution in [0, 0.1) is 6.92 Å². The van der Waals surface area contributed by atoms with Crippen molar-refractivity contribution >= 4 is 21.6 Å². The molecule has 3 aromatic rings. The van der Waals surface area contributed by atoms with Crippen molar-refractivity contribution in [1.82, 2.24) is 4.31 Å². The number of carbonyl (C=O) groups excluding carboxylic acids is 1. The molecular weight excluding hydrogens is 500 g/mol. The van der Waals surface area contributed by atoms with E-state index < -0.39 is 15.4 Å². The highest BCUT2D eigenvalue weighted by atomic mass is 32.2. The van der Waals surface area contributed by atoms with E-state index in [0.29, 0.717) is 35.2 Å². The van der Waals surface area contributed by atoms with E-state index >= 15 is 0 Å². The van der Waals surface area contributed by atoms with E-state index in [4.69, 9.17) is 9.47 Å². The van der Waals surface area contributed by atoms with Crippen LogP contribution in [0.1, 0.15) is 50.7 Å². The normalized spacial score (nSPS) is 15.5. The van der Waals surface area contributed by atoms with Crippen LogP contribution in [0.15, 0.2) is 65.6 Å². The number of ether oxygens (including phenoxy) is 2. The minimum Gasteiger partial charge on any atom is -0.454 e. The van der Waals surface area contributed by atoms with Crippen molar-refractivity contribution in [2.24, 2.45) is 0 Å². The number of fused-ring (bicyclic) bond motifs is 1. The number of anilines is 1. The topological polar surface area (TPSA) is 84.9 Å². The lowest BCUT2D eigenvalue weighted by atomic mass is 9.94. The van der Waals surface area contributed by atoms with Gasteiger partial charge in [0.25, 0.3) is 0 Å². The molecule has 1 fully saturated rings. The average molecular weight is 535 g/mol. The summed E-state index contributed by atoms with van der Waals surface area (Å²) in [5.74, 6) is 1.34. The first-order chi connectivity index (χ1) is 18.3. The molecule has 38 heavy (non-hydrogen) atoms. The minimum absolute atomic E-state index is 0.0421. The van der Waals surface area contributed by atoms with Gasteiger partial charge >= 0.3 is 0 Å². The van der Waals surface area contributed by atoms with E-state index in [-0.39, 0.29) is 12.7 Å². The molecule has 0 spiro atoms. The molecule has 5 rings (SSSR count). The Hall–Kier alpha value is -3.36. The molecular formula is C30H34N2O5S. The summed E-state index contributed by atoms with van der Waals surface area (Å²) < 4.78 is 38.8. The number of sulfonamides is 1. The predicted molar refractivity (Wildman–Crippen MR) is 148 cm³/mol.